The number of hydrogen-bond donors (Lipinski definition) is 1. The predicted molar refractivity (Wildman–Crippen MR) is 117 cm³/mol. The molecule has 4 rings (SSSR count). The van der Waals surface area contributed by atoms with Gasteiger partial charge >= 0.3 is 0 Å². The summed E-state index contributed by atoms with van der Waals surface area (Å²) >= 11 is 0. The molecule has 1 N–H and O–H groups in total. The monoisotopic (exact) mass is 398 g/mol. The van der Waals surface area contributed by atoms with Crippen LogP contribution in [0.1, 0.15) is 71.4 Å². The number of phenolic OH excluding ortho intramolecular Hbond substituents is 1. The van der Waals surface area contributed by atoms with E-state index < -0.39 is 0 Å². The quantitative estimate of drug-likeness (QED) is 0.820. The highest BCUT2D eigenvalue weighted by Gasteiger charge is 2.57. The Morgan fingerprint density at radius 2 is 2.00 bits per heavy atom. The van der Waals surface area contributed by atoms with E-state index in [0.717, 1.165) is 57.3 Å². The minimum Gasteiger partial charge on any atom is -0.508 e. The van der Waals surface area contributed by atoms with Gasteiger partial charge in [-0.3, -0.25) is 9.69 Å². The molecule has 2 saturated heterocycles. The highest BCUT2D eigenvalue weighted by molar-refractivity contribution is 5.83. The van der Waals surface area contributed by atoms with Crippen molar-refractivity contribution in [3.63, 3.8) is 0 Å². The van der Waals surface area contributed by atoms with Crippen molar-refractivity contribution in [2.45, 2.75) is 84.2 Å². The summed E-state index contributed by atoms with van der Waals surface area (Å²) in [6.07, 6.45) is 4.97. The average molecular weight is 399 g/mol. The molecule has 1 aromatic carbocycles. The second kappa shape index (κ2) is 7.30. The van der Waals surface area contributed by atoms with Crippen molar-refractivity contribution in [1.29, 1.82) is 0 Å². The Kier molecular flexibility index (Phi) is 5.21. The highest BCUT2D eigenvalue weighted by Crippen LogP contribution is 2.57. The summed E-state index contributed by atoms with van der Waals surface area (Å²) < 4.78 is 0. The predicted octanol–water partition coefficient (Wildman–Crippen LogP) is 4.34. The van der Waals surface area contributed by atoms with Gasteiger partial charge in [0, 0.05) is 18.0 Å². The minimum absolute atomic E-state index is 0.0201. The number of fused-ring (bicyclic) bond motifs is 4. The number of carbonyl (C=O) groups excluding carboxylic acids is 1. The number of likely N-dealkylation sites (tertiary alicyclic amines) is 2. The summed E-state index contributed by atoms with van der Waals surface area (Å²) in [5.41, 5.74) is 2.29. The first-order chi connectivity index (χ1) is 13.7. The maximum atomic E-state index is 13.8. The van der Waals surface area contributed by atoms with E-state index in [0.29, 0.717) is 17.6 Å². The molecule has 2 bridgehead atoms. The molecule has 2 fully saturated rings. The Balaban J connectivity index is 1.63. The van der Waals surface area contributed by atoms with Crippen molar-refractivity contribution in [1.82, 2.24) is 9.80 Å². The second-order valence-electron chi connectivity index (χ2n) is 10.7. The molecule has 3 aliphatic rings. The fraction of sp³-hybridized carbons (Fsp3) is 0.720. The smallest absolute Gasteiger partial charge is 0.240 e. The maximum absolute atomic E-state index is 13.8. The van der Waals surface area contributed by atoms with Crippen LogP contribution in [-0.4, -0.2) is 52.5 Å². The standard InChI is InChI=1S/C25H38N2O2/c1-17(2)11-14-26-13-7-9-20(26)23(29)27-15-12-25(5)19-8-6-10-21(28)18(19)16-22(27)24(25,3)4/h6,8,10,17,20,22,28H,7,9,11-16H2,1-5H3/t20?,22-,25+/m1/s1. The van der Waals surface area contributed by atoms with Crippen molar-refractivity contribution in [3.05, 3.63) is 29.3 Å². The highest BCUT2D eigenvalue weighted by atomic mass is 16.3. The van der Waals surface area contributed by atoms with Crippen LogP contribution in [0.2, 0.25) is 0 Å². The summed E-state index contributed by atoms with van der Waals surface area (Å²) in [5, 5.41) is 10.6. The SMILES string of the molecule is CC(C)CCN1CCCC1C(=O)N1CC[C@@]2(C)c3cccc(O)c3C[C@@H]1C2(C)C. The van der Waals surface area contributed by atoms with Gasteiger partial charge < -0.3 is 10.0 Å². The summed E-state index contributed by atoms with van der Waals surface area (Å²) in [5.74, 6) is 1.38. The molecule has 1 unspecified atom stereocenters. The van der Waals surface area contributed by atoms with Gasteiger partial charge in [0.25, 0.3) is 0 Å². The molecule has 0 radical (unpaired) electrons. The van der Waals surface area contributed by atoms with E-state index in [1.165, 1.54) is 5.56 Å². The number of phenols is 1. The molecular formula is C25H38N2O2. The molecule has 1 aliphatic carbocycles. The van der Waals surface area contributed by atoms with E-state index in [1.54, 1.807) is 6.07 Å². The van der Waals surface area contributed by atoms with E-state index in [2.05, 4.69) is 50.5 Å². The van der Waals surface area contributed by atoms with Gasteiger partial charge in [-0.1, -0.05) is 46.8 Å². The van der Waals surface area contributed by atoms with Gasteiger partial charge in [-0.15, -0.1) is 0 Å². The lowest BCUT2D eigenvalue weighted by molar-refractivity contribution is -0.148. The zero-order chi connectivity index (χ0) is 21.0. The number of rotatable bonds is 4. The lowest BCUT2D eigenvalue weighted by atomic mass is 9.51. The van der Waals surface area contributed by atoms with Crippen LogP contribution in [0.3, 0.4) is 0 Å². The first kappa shape index (κ1) is 20.7. The zero-order valence-corrected chi connectivity index (χ0v) is 18.9. The Labute approximate surface area is 176 Å². The Bertz CT molecular complexity index is 787. The number of carbonyl (C=O) groups is 1. The lowest BCUT2D eigenvalue weighted by Crippen LogP contribution is -2.66. The van der Waals surface area contributed by atoms with E-state index >= 15 is 0 Å². The Morgan fingerprint density at radius 1 is 1.24 bits per heavy atom. The average Bonchev–Trinajstić information content (AvgIpc) is 3.12. The second-order valence-corrected chi connectivity index (χ2v) is 10.7. The maximum Gasteiger partial charge on any atom is 0.240 e. The molecule has 1 amide bonds. The summed E-state index contributed by atoms with van der Waals surface area (Å²) in [7, 11) is 0. The fourth-order valence-corrected chi connectivity index (χ4v) is 6.18. The third-order valence-corrected chi connectivity index (χ3v) is 8.55. The minimum atomic E-state index is -0.0247. The van der Waals surface area contributed by atoms with Crippen molar-refractivity contribution in [3.8, 4) is 5.75 Å². The molecule has 0 aromatic heterocycles. The Hall–Kier alpha value is -1.55. The van der Waals surface area contributed by atoms with Crippen LogP contribution < -0.4 is 0 Å². The van der Waals surface area contributed by atoms with Gasteiger partial charge in [0.1, 0.15) is 5.75 Å². The van der Waals surface area contributed by atoms with E-state index in [9.17, 15) is 9.90 Å². The van der Waals surface area contributed by atoms with Crippen molar-refractivity contribution >= 4 is 5.91 Å². The van der Waals surface area contributed by atoms with Crippen LogP contribution >= 0.6 is 0 Å². The molecule has 29 heavy (non-hydrogen) atoms. The van der Waals surface area contributed by atoms with Crippen LogP contribution in [-0.2, 0) is 16.6 Å². The number of aromatic hydroxyl groups is 1. The van der Waals surface area contributed by atoms with Crippen LogP contribution in [0.5, 0.6) is 5.75 Å². The molecular weight excluding hydrogens is 360 g/mol. The zero-order valence-electron chi connectivity index (χ0n) is 18.9. The molecule has 4 nitrogen and oxygen atoms in total. The molecule has 2 aliphatic heterocycles. The van der Waals surface area contributed by atoms with Crippen molar-refractivity contribution in [2.75, 3.05) is 19.6 Å². The van der Waals surface area contributed by atoms with Gasteiger partial charge in [-0.05, 0) is 73.7 Å². The van der Waals surface area contributed by atoms with Crippen LogP contribution in [0.25, 0.3) is 0 Å². The first-order valence-electron chi connectivity index (χ1n) is 11.5. The van der Waals surface area contributed by atoms with Crippen LogP contribution in [0.4, 0.5) is 0 Å². The molecule has 4 heteroatoms. The molecule has 3 atom stereocenters. The molecule has 160 valence electrons. The summed E-state index contributed by atoms with van der Waals surface area (Å²) in [4.78, 5) is 18.4. The van der Waals surface area contributed by atoms with Crippen molar-refractivity contribution < 1.29 is 9.90 Å². The lowest BCUT2D eigenvalue weighted by Gasteiger charge is -2.61. The molecule has 2 heterocycles. The normalized spacial score (nSPS) is 31.2. The van der Waals surface area contributed by atoms with Crippen LogP contribution in [0.15, 0.2) is 18.2 Å². The van der Waals surface area contributed by atoms with Crippen molar-refractivity contribution in [2.24, 2.45) is 11.3 Å². The molecule has 0 saturated carbocycles. The number of nitrogens with zero attached hydrogens (tertiary/aromatic N) is 2. The van der Waals surface area contributed by atoms with Gasteiger partial charge in [-0.25, -0.2) is 0 Å². The van der Waals surface area contributed by atoms with Gasteiger partial charge in [0.2, 0.25) is 5.91 Å². The topological polar surface area (TPSA) is 43.8 Å². The van der Waals surface area contributed by atoms with Crippen LogP contribution in [0, 0.1) is 11.3 Å². The van der Waals surface area contributed by atoms with E-state index in [4.69, 9.17) is 0 Å². The van der Waals surface area contributed by atoms with Gasteiger partial charge in [0.05, 0.1) is 6.04 Å². The number of amides is 1. The Morgan fingerprint density at radius 3 is 2.72 bits per heavy atom. The summed E-state index contributed by atoms with van der Waals surface area (Å²) in [6, 6.07) is 6.14. The molecule has 1 aromatic rings. The molecule has 0 spiro atoms. The van der Waals surface area contributed by atoms with E-state index in [1.807, 2.05) is 6.07 Å². The van der Waals surface area contributed by atoms with E-state index in [-0.39, 0.29) is 22.9 Å². The largest absolute Gasteiger partial charge is 0.508 e. The third kappa shape index (κ3) is 3.19. The number of hydrogen-bond acceptors (Lipinski definition) is 3. The fourth-order valence-electron chi connectivity index (χ4n) is 6.18. The van der Waals surface area contributed by atoms with Gasteiger partial charge in [-0.2, -0.15) is 0 Å². The first-order valence-corrected chi connectivity index (χ1v) is 11.5. The number of benzene rings is 1. The third-order valence-electron chi connectivity index (χ3n) is 8.55. The summed E-state index contributed by atoms with van der Waals surface area (Å²) in [6.45, 7) is 14.4. The number of piperidine rings is 1. The van der Waals surface area contributed by atoms with Gasteiger partial charge in [0.15, 0.2) is 0 Å².